The predicted octanol–water partition coefficient (Wildman–Crippen LogP) is 2.09. The number of nitrogens with zero attached hydrogens (tertiary/aromatic N) is 3. The van der Waals surface area contributed by atoms with Gasteiger partial charge in [0, 0.05) is 43.8 Å². The van der Waals surface area contributed by atoms with E-state index in [2.05, 4.69) is 9.88 Å². The molecule has 3 aromatic rings. The van der Waals surface area contributed by atoms with Crippen molar-refractivity contribution in [1.82, 2.24) is 9.88 Å². The molecule has 1 saturated heterocycles. The molecule has 0 radical (unpaired) electrons. The molecule has 1 amide bonds. The van der Waals surface area contributed by atoms with Gasteiger partial charge in [-0.25, -0.2) is 9.78 Å². The Balaban J connectivity index is 1.49. The topological polar surface area (TPSA) is 86.9 Å². The van der Waals surface area contributed by atoms with E-state index in [1.165, 1.54) is 12.1 Å². The molecule has 28 heavy (non-hydrogen) atoms. The molecule has 0 aliphatic carbocycles. The van der Waals surface area contributed by atoms with Gasteiger partial charge in [0.15, 0.2) is 0 Å². The van der Waals surface area contributed by atoms with Crippen LogP contribution in [0.4, 0.5) is 5.82 Å². The number of pyridine rings is 1. The lowest BCUT2D eigenvalue weighted by atomic mass is 10.0. The predicted molar refractivity (Wildman–Crippen MR) is 106 cm³/mol. The highest BCUT2D eigenvalue weighted by atomic mass is 16.4. The van der Waals surface area contributed by atoms with Crippen molar-refractivity contribution < 1.29 is 14.3 Å². The second-order valence-corrected chi connectivity index (χ2v) is 6.91. The molecular weight excluding hydrogens is 358 g/mol. The van der Waals surface area contributed by atoms with Crippen LogP contribution in [-0.2, 0) is 11.2 Å². The van der Waals surface area contributed by atoms with Crippen LogP contribution >= 0.6 is 0 Å². The van der Waals surface area contributed by atoms with E-state index in [0.717, 1.165) is 11.2 Å². The molecule has 7 nitrogen and oxygen atoms in total. The largest absolute Gasteiger partial charge is 0.508 e. The van der Waals surface area contributed by atoms with Crippen LogP contribution in [0.2, 0.25) is 0 Å². The summed E-state index contributed by atoms with van der Waals surface area (Å²) in [6.07, 6.45) is 1.77. The van der Waals surface area contributed by atoms with Gasteiger partial charge in [-0.05, 0) is 36.8 Å². The number of hydrogen-bond donors (Lipinski definition) is 1. The lowest BCUT2D eigenvalue weighted by molar-refractivity contribution is -0.130. The molecule has 0 unspecified atom stereocenters. The normalized spacial score (nSPS) is 14.5. The molecular formula is C21H21N3O4. The second kappa shape index (κ2) is 7.34. The Bertz CT molecular complexity index is 1070. The zero-order chi connectivity index (χ0) is 19.7. The van der Waals surface area contributed by atoms with Gasteiger partial charge in [0.05, 0.1) is 12.0 Å². The fraction of sp³-hybridized carbons (Fsp3) is 0.286. The monoisotopic (exact) mass is 379 g/mol. The maximum absolute atomic E-state index is 12.8. The Morgan fingerprint density at radius 3 is 2.68 bits per heavy atom. The summed E-state index contributed by atoms with van der Waals surface area (Å²) >= 11 is 0. The first-order valence-electron chi connectivity index (χ1n) is 9.22. The van der Waals surface area contributed by atoms with E-state index in [9.17, 15) is 14.7 Å². The number of carbonyl (C=O) groups excluding carboxylic acids is 1. The van der Waals surface area contributed by atoms with Crippen molar-refractivity contribution in [3.8, 4) is 5.75 Å². The number of aromatic hydroxyl groups is 1. The highest BCUT2D eigenvalue weighted by Gasteiger charge is 2.24. The van der Waals surface area contributed by atoms with Crippen molar-refractivity contribution in [3.05, 3.63) is 64.1 Å². The Morgan fingerprint density at radius 2 is 1.96 bits per heavy atom. The number of benzene rings is 1. The molecule has 1 N–H and O–H groups in total. The van der Waals surface area contributed by atoms with Crippen LogP contribution < -0.4 is 10.5 Å². The molecule has 3 heterocycles. The molecule has 1 aromatic carbocycles. The summed E-state index contributed by atoms with van der Waals surface area (Å²) in [6, 6.07) is 10.4. The first kappa shape index (κ1) is 18.0. The molecule has 1 aliphatic rings. The number of aryl methyl sites for hydroxylation is 1. The Morgan fingerprint density at radius 1 is 1.18 bits per heavy atom. The van der Waals surface area contributed by atoms with Gasteiger partial charge in [-0.1, -0.05) is 6.07 Å². The summed E-state index contributed by atoms with van der Waals surface area (Å²) in [5.41, 5.74) is 0.876. The molecule has 7 heteroatoms. The number of fused-ring (bicyclic) bond motifs is 1. The van der Waals surface area contributed by atoms with Crippen molar-refractivity contribution in [3.63, 3.8) is 0 Å². The quantitative estimate of drug-likeness (QED) is 0.702. The smallest absolute Gasteiger partial charge is 0.340 e. The highest BCUT2D eigenvalue weighted by molar-refractivity contribution is 5.85. The van der Waals surface area contributed by atoms with E-state index in [1.54, 1.807) is 24.1 Å². The van der Waals surface area contributed by atoms with Crippen LogP contribution in [0.5, 0.6) is 5.75 Å². The lowest BCUT2D eigenvalue weighted by Gasteiger charge is -2.35. The minimum absolute atomic E-state index is 0.00850. The number of rotatable bonds is 3. The average Bonchev–Trinajstić information content (AvgIpc) is 2.71. The number of phenols is 1. The van der Waals surface area contributed by atoms with Crippen LogP contribution in [0.1, 0.15) is 11.1 Å². The van der Waals surface area contributed by atoms with E-state index in [1.807, 2.05) is 18.2 Å². The first-order chi connectivity index (χ1) is 13.5. The maximum Gasteiger partial charge on any atom is 0.340 e. The number of phenolic OH excluding ortho intramolecular Hbond substituents is 1. The van der Waals surface area contributed by atoms with Crippen LogP contribution in [0.15, 0.2) is 51.8 Å². The molecule has 0 saturated carbocycles. The van der Waals surface area contributed by atoms with Crippen molar-refractivity contribution in [2.75, 3.05) is 31.1 Å². The standard InChI is InChI=1S/C21H21N3O4/c1-14-16-6-5-15(25)12-18(16)28-21(27)17(14)13-20(26)24-10-8-23(9-11-24)19-4-2-3-7-22-19/h2-7,12,25H,8-11,13H2,1H3. The van der Waals surface area contributed by atoms with Crippen LogP contribution in [0.3, 0.4) is 0 Å². The average molecular weight is 379 g/mol. The number of carbonyl (C=O) groups is 1. The van der Waals surface area contributed by atoms with Gasteiger partial charge >= 0.3 is 5.63 Å². The number of aromatic nitrogens is 1. The molecule has 0 spiro atoms. The fourth-order valence-corrected chi connectivity index (χ4v) is 3.58. The summed E-state index contributed by atoms with van der Waals surface area (Å²) < 4.78 is 5.31. The first-order valence-corrected chi connectivity index (χ1v) is 9.22. The number of piperazine rings is 1. The number of hydrogen-bond acceptors (Lipinski definition) is 6. The molecule has 0 bridgehead atoms. The summed E-state index contributed by atoms with van der Waals surface area (Å²) in [4.78, 5) is 33.4. The SMILES string of the molecule is Cc1c(CC(=O)N2CCN(c3ccccn3)CC2)c(=O)oc2cc(O)ccc12. The van der Waals surface area contributed by atoms with Crippen molar-refractivity contribution >= 4 is 22.7 Å². The zero-order valence-corrected chi connectivity index (χ0v) is 15.6. The number of anilines is 1. The lowest BCUT2D eigenvalue weighted by Crippen LogP contribution is -2.49. The van der Waals surface area contributed by atoms with Crippen LogP contribution in [0.25, 0.3) is 11.0 Å². The fourth-order valence-electron chi connectivity index (χ4n) is 3.58. The van der Waals surface area contributed by atoms with Crippen molar-refractivity contribution in [1.29, 1.82) is 0 Å². The van der Waals surface area contributed by atoms with E-state index < -0.39 is 5.63 Å². The molecule has 0 atom stereocenters. The Labute approximate surface area is 161 Å². The van der Waals surface area contributed by atoms with E-state index >= 15 is 0 Å². The third-order valence-electron chi connectivity index (χ3n) is 5.20. The minimum Gasteiger partial charge on any atom is -0.508 e. The van der Waals surface area contributed by atoms with E-state index in [4.69, 9.17) is 4.42 Å². The van der Waals surface area contributed by atoms with Gasteiger partial charge in [-0.2, -0.15) is 0 Å². The summed E-state index contributed by atoms with van der Waals surface area (Å²) in [7, 11) is 0. The number of amides is 1. The van der Waals surface area contributed by atoms with Crippen LogP contribution in [0, 0.1) is 6.92 Å². The second-order valence-electron chi connectivity index (χ2n) is 6.91. The molecule has 4 rings (SSSR count). The summed E-state index contributed by atoms with van der Waals surface area (Å²) in [5, 5.41) is 10.3. The minimum atomic E-state index is -0.531. The van der Waals surface area contributed by atoms with Gasteiger partial charge < -0.3 is 19.3 Å². The highest BCUT2D eigenvalue weighted by Crippen LogP contribution is 2.24. The summed E-state index contributed by atoms with van der Waals surface area (Å²) in [6.45, 7) is 4.38. The third-order valence-corrected chi connectivity index (χ3v) is 5.20. The molecule has 1 fully saturated rings. The van der Waals surface area contributed by atoms with Crippen molar-refractivity contribution in [2.45, 2.75) is 13.3 Å². The van der Waals surface area contributed by atoms with Crippen LogP contribution in [-0.4, -0.2) is 47.1 Å². The maximum atomic E-state index is 12.8. The molecule has 2 aromatic heterocycles. The van der Waals surface area contributed by atoms with Gasteiger partial charge in [0.2, 0.25) is 5.91 Å². The Kier molecular flexibility index (Phi) is 4.73. The van der Waals surface area contributed by atoms with Crippen molar-refractivity contribution in [2.24, 2.45) is 0 Å². The van der Waals surface area contributed by atoms with E-state index in [0.29, 0.717) is 42.9 Å². The Hall–Kier alpha value is -3.35. The molecule has 1 aliphatic heterocycles. The zero-order valence-electron chi connectivity index (χ0n) is 15.6. The van der Waals surface area contributed by atoms with Gasteiger partial charge in [-0.15, -0.1) is 0 Å². The summed E-state index contributed by atoms with van der Waals surface area (Å²) in [5.74, 6) is 0.850. The molecule has 144 valence electrons. The van der Waals surface area contributed by atoms with E-state index in [-0.39, 0.29) is 18.1 Å². The van der Waals surface area contributed by atoms with Gasteiger partial charge in [0.1, 0.15) is 17.2 Å². The van der Waals surface area contributed by atoms with Gasteiger partial charge in [-0.3, -0.25) is 4.79 Å². The third kappa shape index (κ3) is 3.43. The van der Waals surface area contributed by atoms with Gasteiger partial charge in [0.25, 0.3) is 0 Å².